The molecule has 0 saturated carbocycles. The minimum Gasteiger partial charge on any atom is -0.493 e. The molecule has 1 heterocycles. The van der Waals surface area contributed by atoms with Crippen molar-refractivity contribution in [3.8, 4) is 17.2 Å². The monoisotopic (exact) mass is 345 g/mol. The molecule has 0 spiro atoms. The molecule has 0 saturated heterocycles. The largest absolute Gasteiger partial charge is 0.493 e. The molecule has 2 aromatic rings. The van der Waals surface area contributed by atoms with Gasteiger partial charge in [-0.2, -0.15) is 13.2 Å². The summed E-state index contributed by atoms with van der Waals surface area (Å²) >= 11 is 0. The second kappa shape index (κ2) is 6.34. The number of aromatic nitrogens is 1. The second-order valence-corrected chi connectivity index (χ2v) is 4.67. The van der Waals surface area contributed by atoms with Gasteiger partial charge in [0.15, 0.2) is 11.5 Å². The number of hydrogen-bond donors (Lipinski definition) is 1. The van der Waals surface area contributed by atoms with Crippen LogP contribution < -0.4 is 9.47 Å². The number of rotatable bonds is 4. The Morgan fingerprint density at radius 3 is 2.38 bits per heavy atom. The molecule has 9 heteroatoms. The Morgan fingerprint density at radius 2 is 1.83 bits per heavy atom. The zero-order chi connectivity index (χ0) is 18.1. The van der Waals surface area contributed by atoms with E-state index in [2.05, 4.69) is 4.98 Å². The molecular formula is C15H11F4NO4. The van der Waals surface area contributed by atoms with Crippen LogP contribution in [0.5, 0.6) is 17.2 Å². The highest BCUT2D eigenvalue weighted by Crippen LogP contribution is 2.37. The smallest absolute Gasteiger partial charge is 0.433 e. The van der Waals surface area contributed by atoms with Gasteiger partial charge in [0.25, 0.3) is 0 Å². The molecule has 5 nitrogen and oxygen atoms in total. The van der Waals surface area contributed by atoms with Crippen molar-refractivity contribution < 1.29 is 36.9 Å². The van der Waals surface area contributed by atoms with E-state index in [1.54, 1.807) is 0 Å². The number of pyridine rings is 1. The number of carboxylic acid groups (broad SMARTS) is 1. The Kier molecular flexibility index (Phi) is 4.63. The molecule has 0 aliphatic rings. The molecule has 0 fully saturated rings. The first-order valence-corrected chi connectivity index (χ1v) is 6.47. The lowest BCUT2D eigenvalue weighted by Gasteiger charge is -2.15. The predicted octanol–water partition coefficient (Wildman–Crippen LogP) is 4.05. The minimum atomic E-state index is -4.78. The Balaban J connectivity index is 2.60. The van der Waals surface area contributed by atoms with Gasteiger partial charge in [0.2, 0.25) is 0 Å². The van der Waals surface area contributed by atoms with E-state index in [1.807, 2.05) is 0 Å². The first-order valence-electron chi connectivity index (χ1n) is 6.47. The predicted molar refractivity (Wildman–Crippen MR) is 74.0 cm³/mol. The highest BCUT2D eigenvalue weighted by atomic mass is 19.4. The van der Waals surface area contributed by atoms with E-state index < -0.39 is 35.0 Å². The molecule has 24 heavy (non-hydrogen) atoms. The summed E-state index contributed by atoms with van der Waals surface area (Å²) in [7, 11) is 1.21. The van der Waals surface area contributed by atoms with Gasteiger partial charge in [-0.3, -0.25) is 0 Å². The van der Waals surface area contributed by atoms with Crippen LogP contribution in [0.4, 0.5) is 17.6 Å². The van der Waals surface area contributed by atoms with Crippen molar-refractivity contribution in [3.63, 3.8) is 0 Å². The van der Waals surface area contributed by atoms with Gasteiger partial charge in [0.05, 0.1) is 12.8 Å². The lowest BCUT2D eigenvalue weighted by atomic mass is 10.1. The number of methoxy groups -OCH3 is 1. The highest BCUT2D eigenvalue weighted by Gasteiger charge is 2.35. The van der Waals surface area contributed by atoms with Gasteiger partial charge in [-0.1, -0.05) is 0 Å². The molecular weight excluding hydrogens is 334 g/mol. The van der Waals surface area contributed by atoms with Gasteiger partial charge >= 0.3 is 12.1 Å². The summed E-state index contributed by atoms with van der Waals surface area (Å²) in [6, 6.07) is 3.54. The fraction of sp³-hybridized carbons (Fsp3) is 0.200. The van der Waals surface area contributed by atoms with Crippen molar-refractivity contribution in [2.45, 2.75) is 13.1 Å². The topological polar surface area (TPSA) is 68.7 Å². The van der Waals surface area contributed by atoms with Gasteiger partial charge in [0.1, 0.15) is 22.8 Å². The maximum Gasteiger partial charge on any atom is 0.433 e. The number of aryl methyl sites for hydroxylation is 1. The molecule has 0 unspecified atom stereocenters. The van der Waals surface area contributed by atoms with E-state index in [-0.39, 0.29) is 17.2 Å². The average molecular weight is 345 g/mol. The van der Waals surface area contributed by atoms with E-state index in [0.29, 0.717) is 6.07 Å². The molecule has 128 valence electrons. The molecule has 1 N–H and O–H groups in total. The number of ether oxygens (including phenoxy) is 2. The third kappa shape index (κ3) is 3.55. The van der Waals surface area contributed by atoms with Crippen LogP contribution in [-0.2, 0) is 6.18 Å². The minimum absolute atomic E-state index is 0.102. The summed E-state index contributed by atoms with van der Waals surface area (Å²) in [6.07, 6.45) is -4.78. The second-order valence-electron chi connectivity index (χ2n) is 4.67. The number of carboxylic acids is 1. The lowest BCUT2D eigenvalue weighted by molar-refractivity contribution is -0.141. The highest BCUT2D eigenvalue weighted by molar-refractivity contribution is 5.92. The molecule has 1 aromatic heterocycles. The maximum absolute atomic E-state index is 13.2. The number of carbonyl (C=O) groups is 1. The Labute approximate surface area is 133 Å². The molecule has 1 aromatic carbocycles. The standard InChI is InChI=1S/C15H11F4NO4/c1-7-13(14(21)22)11(6-12(20-7)15(17,18)19)24-9-4-3-8(16)5-10(9)23-2/h3-6H,1-2H3,(H,21,22). The van der Waals surface area contributed by atoms with E-state index in [1.165, 1.54) is 7.11 Å². The zero-order valence-electron chi connectivity index (χ0n) is 12.4. The summed E-state index contributed by atoms with van der Waals surface area (Å²) < 4.78 is 61.9. The van der Waals surface area contributed by atoms with Crippen molar-refractivity contribution in [1.29, 1.82) is 0 Å². The lowest BCUT2D eigenvalue weighted by Crippen LogP contribution is -2.13. The molecule has 0 amide bonds. The molecule has 0 radical (unpaired) electrons. The summed E-state index contributed by atoms with van der Waals surface area (Å²) in [5.41, 5.74) is -2.20. The van der Waals surface area contributed by atoms with Crippen LogP contribution in [0, 0.1) is 12.7 Å². The van der Waals surface area contributed by atoms with Crippen molar-refractivity contribution >= 4 is 5.97 Å². The van der Waals surface area contributed by atoms with Gasteiger partial charge in [-0.25, -0.2) is 14.2 Å². The summed E-state index contributed by atoms with van der Waals surface area (Å²) in [4.78, 5) is 14.6. The third-order valence-electron chi connectivity index (χ3n) is 3.01. The number of benzene rings is 1. The number of alkyl halides is 3. The number of nitrogens with zero attached hydrogens (tertiary/aromatic N) is 1. The Hall–Kier alpha value is -2.84. The zero-order valence-corrected chi connectivity index (χ0v) is 12.4. The van der Waals surface area contributed by atoms with E-state index >= 15 is 0 Å². The van der Waals surface area contributed by atoms with Crippen molar-refractivity contribution in [2.24, 2.45) is 0 Å². The van der Waals surface area contributed by atoms with Crippen LogP contribution in [0.25, 0.3) is 0 Å². The number of halogens is 4. The van der Waals surface area contributed by atoms with Crippen LogP contribution >= 0.6 is 0 Å². The fourth-order valence-electron chi connectivity index (χ4n) is 1.97. The summed E-state index contributed by atoms with van der Waals surface area (Å²) in [5.74, 6) is -2.98. The van der Waals surface area contributed by atoms with E-state index in [9.17, 15) is 27.5 Å². The SMILES string of the molecule is COc1cc(F)ccc1Oc1cc(C(F)(F)F)nc(C)c1C(=O)O. The van der Waals surface area contributed by atoms with E-state index in [4.69, 9.17) is 9.47 Å². The maximum atomic E-state index is 13.2. The van der Waals surface area contributed by atoms with Gasteiger partial charge in [-0.05, 0) is 19.1 Å². The quantitative estimate of drug-likeness (QED) is 0.847. The first-order chi connectivity index (χ1) is 11.1. The molecule has 0 atom stereocenters. The normalized spacial score (nSPS) is 11.2. The van der Waals surface area contributed by atoms with Gasteiger partial charge < -0.3 is 14.6 Å². The fourth-order valence-corrected chi connectivity index (χ4v) is 1.97. The average Bonchev–Trinajstić information content (AvgIpc) is 2.47. The first kappa shape index (κ1) is 17.5. The van der Waals surface area contributed by atoms with Crippen LogP contribution in [0.2, 0.25) is 0 Å². The molecule has 0 aliphatic carbocycles. The van der Waals surface area contributed by atoms with Crippen LogP contribution in [0.3, 0.4) is 0 Å². The number of hydrogen-bond acceptors (Lipinski definition) is 4. The van der Waals surface area contributed by atoms with Crippen molar-refractivity contribution in [2.75, 3.05) is 7.11 Å². The Bertz CT molecular complexity index is 790. The summed E-state index contributed by atoms with van der Waals surface area (Å²) in [6.45, 7) is 1.12. The van der Waals surface area contributed by atoms with Crippen LogP contribution in [0.1, 0.15) is 21.7 Å². The van der Waals surface area contributed by atoms with Crippen molar-refractivity contribution in [1.82, 2.24) is 4.98 Å². The molecule has 2 rings (SSSR count). The van der Waals surface area contributed by atoms with Crippen LogP contribution in [0.15, 0.2) is 24.3 Å². The van der Waals surface area contributed by atoms with Crippen molar-refractivity contribution in [3.05, 3.63) is 47.0 Å². The molecule has 0 aliphatic heterocycles. The van der Waals surface area contributed by atoms with Gasteiger partial charge in [-0.15, -0.1) is 0 Å². The number of aromatic carboxylic acids is 1. The Morgan fingerprint density at radius 1 is 1.17 bits per heavy atom. The van der Waals surface area contributed by atoms with E-state index in [0.717, 1.165) is 25.1 Å². The van der Waals surface area contributed by atoms with Crippen LogP contribution in [-0.4, -0.2) is 23.2 Å². The van der Waals surface area contributed by atoms with Gasteiger partial charge in [0, 0.05) is 12.1 Å². The summed E-state index contributed by atoms with van der Waals surface area (Å²) in [5, 5.41) is 9.20. The molecule has 0 bridgehead atoms. The third-order valence-corrected chi connectivity index (χ3v) is 3.01.